The van der Waals surface area contributed by atoms with Crippen LogP contribution in [0.2, 0.25) is 0 Å². The largest absolute Gasteiger partial charge is 0.398 e. The quantitative estimate of drug-likeness (QED) is 0.454. The fraction of sp³-hybridized carbons (Fsp3) is 0.500. The fourth-order valence-electron chi connectivity index (χ4n) is 1.24. The standard InChI is InChI=1S/C12H18BrNO2S/c1-15-6-7-16-5-2-8-17-12-4-3-10(13)9-11(12)14/h3-4,9H,2,5-8,14H2,1H3. The lowest BCUT2D eigenvalue weighted by molar-refractivity contribution is 0.0713. The zero-order valence-corrected chi connectivity index (χ0v) is 12.4. The normalized spacial score (nSPS) is 10.7. The smallest absolute Gasteiger partial charge is 0.0700 e. The van der Waals surface area contributed by atoms with Gasteiger partial charge in [-0.3, -0.25) is 0 Å². The zero-order chi connectivity index (χ0) is 12.5. The van der Waals surface area contributed by atoms with Crippen LogP contribution in [0.5, 0.6) is 0 Å². The van der Waals surface area contributed by atoms with Gasteiger partial charge in [0, 0.05) is 34.5 Å². The molecule has 0 fully saturated rings. The minimum atomic E-state index is 0.660. The molecule has 0 aliphatic carbocycles. The first-order valence-corrected chi connectivity index (χ1v) is 7.26. The third-order valence-corrected chi connectivity index (χ3v) is 3.76. The highest BCUT2D eigenvalue weighted by molar-refractivity contribution is 9.10. The number of methoxy groups -OCH3 is 1. The van der Waals surface area contributed by atoms with Crippen molar-refractivity contribution in [1.29, 1.82) is 0 Å². The van der Waals surface area contributed by atoms with E-state index in [-0.39, 0.29) is 0 Å². The summed E-state index contributed by atoms with van der Waals surface area (Å²) in [4.78, 5) is 1.13. The monoisotopic (exact) mass is 319 g/mol. The lowest BCUT2D eigenvalue weighted by Gasteiger charge is -2.06. The van der Waals surface area contributed by atoms with Crippen molar-refractivity contribution in [2.75, 3.05) is 38.4 Å². The predicted molar refractivity (Wildman–Crippen MR) is 76.6 cm³/mol. The van der Waals surface area contributed by atoms with E-state index >= 15 is 0 Å². The highest BCUT2D eigenvalue weighted by Gasteiger charge is 2.00. The number of nitrogens with two attached hydrogens (primary N) is 1. The van der Waals surface area contributed by atoms with E-state index in [0.29, 0.717) is 13.2 Å². The molecule has 0 saturated heterocycles. The van der Waals surface area contributed by atoms with E-state index in [4.69, 9.17) is 15.2 Å². The summed E-state index contributed by atoms with van der Waals surface area (Å²) in [5.41, 5.74) is 6.73. The van der Waals surface area contributed by atoms with Crippen LogP contribution < -0.4 is 5.73 Å². The molecule has 0 radical (unpaired) electrons. The minimum absolute atomic E-state index is 0.660. The molecule has 1 aromatic rings. The van der Waals surface area contributed by atoms with Crippen LogP contribution >= 0.6 is 27.7 Å². The molecule has 2 N–H and O–H groups in total. The number of ether oxygens (including phenoxy) is 2. The third-order valence-electron chi connectivity index (χ3n) is 2.09. The Morgan fingerprint density at radius 2 is 2.12 bits per heavy atom. The van der Waals surface area contributed by atoms with Crippen molar-refractivity contribution in [3.63, 3.8) is 0 Å². The van der Waals surface area contributed by atoms with Gasteiger partial charge in [-0.25, -0.2) is 0 Å². The molecule has 0 unspecified atom stereocenters. The maximum absolute atomic E-state index is 5.90. The lowest BCUT2D eigenvalue weighted by Crippen LogP contribution is -2.03. The fourth-order valence-corrected chi connectivity index (χ4v) is 2.49. The van der Waals surface area contributed by atoms with Crippen molar-refractivity contribution < 1.29 is 9.47 Å². The van der Waals surface area contributed by atoms with E-state index in [2.05, 4.69) is 15.9 Å². The average molecular weight is 320 g/mol. The van der Waals surface area contributed by atoms with Crippen molar-refractivity contribution >= 4 is 33.4 Å². The van der Waals surface area contributed by atoms with Crippen molar-refractivity contribution in [3.05, 3.63) is 22.7 Å². The first kappa shape index (κ1) is 14.8. The molecule has 3 nitrogen and oxygen atoms in total. The van der Waals surface area contributed by atoms with Gasteiger partial charge in [0.15, 0.2) is 0 Å². The highest BCUT2D eigenvalue weighted by atomic mass is 79.9. The number of halogens is 1. The number of hydrogen-bond acceptors (Lipinski definition) is 4. The van der Waals surface area contributed by atoms with Gasteiger partial charge >= 0.3 is 0 Å². The van der Waals surface area contributed by atoms with E-state index in [0.717, 1.165) is 33.8 Å². The van der Waals surface area contributed by atoms with Gasteiger partial charge in [0.2, 0.25) is 0 Å². The van der Waals surface area contributed by atoms with Crippen LogP contribution in [0.3, 0.4) is 0 Å². The molecule has 0 atom stereocenters. The van der Waals surface area contributed by atoms with Gasteiger partial charge in [0.1, 0.15) is 0 Å². The first-order chi connectivity index (χ1) is 8.24. The minimum Gasteiger partial charge on any atom is -0.398 e. The summed E-state index contributed by atoms with van der Waals surface area (Å²) >= 11 is 5.15. The van der Waals surface area contributed by atoms with Gasteiger partial charge < -0.3 is 15.2 Å². The third kappa shape index (κ3) is 6.31. The second kappa shape index (κ2) is 8.80. The van der Waals surface area contributed by atoms with E-state index in [1.54, 1.807) is 18.9 Å². The molecule has 5 heteroatoms. The topological polar surface area (TPSA) is 44.5 Å². The van der Waals surface area contributed by atoms with Gasteiger partial charge in [-0.2, -0.15) is 0 Å². The summed E-state index contributed by atoms with van der Waals surface area (Å²) in [5, 5.41) is 0. The van der Waals surface area contributed by atoms with E-state index in [9.17, 15) is 0 Å². The van der Waals surface area contributed by atoms with Crippen LogP contribution in [0.15, 0.2) is 27.6 Å². The van der Waals surface area contributed by atoms with E-state index in [1.807, 2.05) is 18.2 Å². The summed E-state index contributed by atoms with van der Waals surface area (Å²) < 4.78 is 11.3. The maximum atomic E-state index is 5.90. The number of hydrogen-bond donors (Lipinski definition) is 1. The van der Waals surface area contributed by atoms with Gasteiger partial charge in [0.05, 0.1) is 13.2 Å². The molecular weight excluding hydrogens is 302 g/mol. The molecular formula is C12H18BrNO2S. The average Bonchev–Trinajstić information content (AvgIpc) is 2.30. The Labute approximate surface area is 115 Å². The molecule has 0 bridgehead atoms. The van der Waals surface area contributed by atoms with Crippen LogP contribution in [-0.2, 0) is 9.47 Å². The maximum Gasteiger partial charge on any atom is 0.0700 e. The Morgan fingerprint density at radius 1 is 1.29 bits per heavy atom. The number of thioether (sulfide) groups is 1. The van der Waals surface area contributed by atoms with Crippen LogP contribution in [0, 0.1) is 0 Å². The van der Waals surface area contributed by atoms with Gasteiger partial charge in [-0.05, 0) is 24.6 Å². The van der Waals surface area contributed by atoms with Crippen molar-refractivity contribution in [3.8, 4) is 0 Å². The molecule has 0 amide bonds. The van der Waals surface area contributed by atoms with Gasteiger partial charge in [-0.15, -0.1) is 11.8 Å². The number of anilines is 1. The summed E-state index contributed by atoms with van der Waals surface area (Å²) in [6.07, 6.45) is 1.02. The van der Waals surface area contributed by atoms with Gasteiger partial charge in [-0.1, -0.05) is 15.9 Å². The lowest BCUT2D eigenvalue weighted by atomic mass is 10.3. The summed E-state index contributed by atoms with van der Waals surface area (Å²) in [6, 6.07) is 5.97. The Hall–Kier alpha value is -0.230. The Kier molecular flexibility index (Phi) is 7.68. The summed E-state index contributed by atoms with van der Waals surface area (Å²) in [5.74, 6) is 1.01. The Bertz CT molecular complexity index is 336. The molecule has 17 heavy (non-hydrogen) atoms. The van der Waals surface area contributed by atoms with Crippen molar-refractivity contribution in [1.82, 2.24) is 0 Å². The molecule has 0 aliphatic rings. The molecule has 1 aromatic carbocycles. The second-order valence-electron chi connectivity index (χ2n) is 3.49. The summed E-state index contributed by atoms with van der Waals surface area (Å²) in [6.45, 7) is 2.10. The molecule has 0 aliphatic heterocycles. The molecule has 0 aromatic heterocycles. The second-order valence-corrected chi connectivity index (χ2v) is 5.54. The Balaban J connectivity index is 2.14. The molecule has 0 spiro atoms. The van der Waals surface area contributed by atoms with Crippen LogP contribution in [0.1, 0.15) is 6.42 Å². The zero-order valence-electron chi connectivity index (χ0n) is 9.95. The molecule has 96 valence electrons. The predicted octanol–water partition coefficient (Wildman–Crippen LogP) is 3.18. The molecule has 0 saturated carbocycles. The Morgan fingerprint density at radius 3 is 2.82 bits per heavy atom. The SMILES string of the molecule is COCCOCCCSc1ccc(Br)cc1N. The van der Waals surface area contributed by atoms with E-state index < -0.39 is 0 Å². The number of nitrogen functional groups attached to an aromatic ring is 1. The first-order valence-electron chi connectivity index (χ1n) is 5.48. The number of rotatable bonds is 8. The van der Waals surface area contributed by atoms with Crippen molar-refractivity contribution in [2.45, 2.75) is 11.3 Å². The van der Waals surface area contributed by atoms with Crippen molar-refractivity contribution in [2.24, 2.45) is 0 Å². The molecule has 0 heterocycles. The molecule has 1 rings (SSSR count). The van der Waals surface area contributed by atoms with E-state index in [1.165, 1.54) is 0 Å². The highest BCUT2D eigenvalue weighted by Crippen LogP contribution is 2.28. The number of benzene rings is 1. The summed E-state index contributed by atoms with van der Waals surface area (Å²) in [7, 11) is 1.68. The van der Waals surface area contributed by atoms with Gasteiger partial charge in [0.25, 0.3) is 0 Å². The van der Waals surface area contributed by atoms with Crippen LogP contribution in [0.25, 0.3) is 0 Å². The van der Waals surface area contributed by atoms with Crippen LogP contribution in [0.4, 0.5) is 5.69 Å². The van der Waals surface area contributed by atoms with Crippen LogP contribution in [-0.4, -0.2) is 32.7 Å².